The van der Waals surface area contributed by atoms with E-state index >= 15 is 0 Å². The number of nitrogens with zero attached hydrogens (tertiary/aromatic N) is 2. The highest BCUT2D eigenvalue weighted by atomic mass is 35.5. The Morgan fingerprint density at radius 2 is 1.91 bits per heavy atom. The number of halogens is 1. The molecule has 120 valence electrons. The van der Waals surface area contributed by atoms with E-state index in [1.807, 2.05) is 24.3 Å². The molecule has 7 heteroatoms. The first-order valence-electron chi connectivity index (χ1n) is 7.04. The van der Waals surface area contributed by atoms with Gasteiger partial charge in [-0.3, -0.25) is 0 Å². The Balaban J connectivity index is 0.00000176. The van der Waals surface area contributed by atoms with Crippen LogP contribution in [0.1, 0.15) is 18.7 Å². The van der Waals surface area contributed by atoms with E-state index in [0.717, 1.165) is 24.2 Å². The molecule has 3 rings (SSSR count). The van der Waals surface area contributed by atoms with Crippen LogP contribution in [0.2, 0.25) is 0 Å². The van der Waals surface area contributed by atoms with E-state index in [1.165, 1.54) is 0 Å². The third kappa shape index (κ3) is 3.09. The lowest BCUT2D eigenvalue weighted by Crippen LogP contribution is -2.40. The van der Waals surface area contributed by atoms with Crippen LogP contribution in [0.5, 0.6) is 5.75 Å². The summed E-state index contributed by atoms with van der Waals surface area (Å²) in [6, 6.07) is 7.57. The lowest BCUT2D eigenvalue weighted by Gasteiger charge is -2.32. The summed E-state index contributed by atoms with van der Waals surface area (Å²) in [4.78, 5) is 4.55. The zero-order valence-corrected chi connectivity index (χ0v) is 13.3. The summed E-state index contributed by atoms with van der Waals surface area (Å²) in [5.41, 5.74) is 6.60. The molecular formula is C15H20ClN3O3. The first-order chi connectivity index (χ1) is 10.3. The molecule has 22 heavy (non-hydrogen) atoms. The van der Waals surface area contributed by atoms with Gasteiger partial charge in [0.25, 0.3) is 0 Å². The first kappa shape index (κ1) is 16.7. The fourth-order valence-electron chi connectivity index (χ4n) is 2.56. The maximum absolute atomic E-state index is 5.96. The lowest BCUT2D eigenvalue weighted by atomic mass is 9.80. The molecule has 6 nitrogen and oxygen atoms in total. The topological polar surface area (TPSA) is 83.4 Å². The summed E-state index contributed by atoms with van der Waals surface area (Å²) in [5.74, 6) is 1.98. The van der Waals surface area contributed by atoms with Crippen LogP contribution in [-0.4, -0.2) is 37.0 Å². The largest absolute Gasteiger partial charge is 0.497 e. The van der Waals surface area contributed by atoms with E-state index < -0.39 is 0 Å². The van der Waals surface area contributed by atoms with Crippen molar-refractivity contribution >= 4 is 12.4 Å². The van der Waals surface area contributed by atoms with E-state index in [9.17, 15) is 0 Å². The molecule has 0 amide bonds. The van der Waals surface area contributed by atoms with Gasteiger partial charge in [-0.1, -0.05) is 5.16 Å². The van der Waals surface area contributed by atoms with Crippen molar-refractivity contribution < 1.29 is 14.0 Å². The second-order valence-electron chi connectivity index (χ2n) is 5.25. The Kier molecular flexibility index (Phi) is 5.39. The zero-order chi connectivity index (χ0) is 14.7. The van der Waals surface area contributed by atoms with E-state index in [0.29, 0.717) is 31.5 Å². The maximum atomic E-state index is 5.96. The second kappa shape index (κ2) is 7.09. The van der Waals surface area contributed by atoms with Crippen LogP contribution in [0.25, 0.3) is 11.4 Å². The number of aromatic nitrogens is 2. The molecule has 1 aromatic heterocycles. The minimum atomic E-state index is -0.254. The van der Waals surface area contributed by atoms with Crippen molar-refractivity contribution in [1.29, 1.82) is 0 Å². The highest BCUT2D eigenvalue weighted by molar-refractivity contribution is 5.85. The van der Waals surface area contributed by atoms with Gasteiger partial charge in [0.2, 0.25) is 11.7 Å². The van der Waals surface area contributed by atoms with Crippen molar-refractivity contribution in [3.05, 3.63) is 30.2 Å². The summed E-state index contributed by atoms with van der Waals surface area (Å²) < 4.78 is 16.0. The van der Waals surface area contributed by atoms with Gasteiger partial charge in [0.15, 0.2) is 0 Å². The lowest BCUT2D eigenvalue weighted by molar-refractivity contribution is 0.0409. The number of hydrogen-bond acceptors (Lipinski definition) is 6. The van der Waals surface area contributed by atoms with Crippen molar-refractivity contribution in [1.82, 2.24) is 10.1 Å². The molecule has 2 N–H and O–H groups in total. The summed E-state index contributed by atoms with van der Waals surface area (Å²) >= 11 is 0. The molecular weight excluding hydrogens is 306 g/mol. The van der Waals surface area contributed by atoms with Gasteiger partial charge < -0.3 is 19.7 Å². The van der Waals surface area contributed by atoms with Crippen LogP contribution >= 0.6 is 12.4 Å². The SMILES string of the molecule is COc1ccc(-c2noc(C3(CN)CCOCC3)n2)cc1.Cl. The highest BCUT2D eigenvalue weighted by Crippen LogP contribution is 2.33. The van der Waals surface area contributed by atoms with E-state index in [-0.39, 0.29) is 17.8 Å². The predicted molar refractivity (Wildman–Crippen MR) is 84.3 cm³/mol. The maximum Gasteiger partial charge on any atom is 0.234 e. The monoisotopic (exact) mass is 325 g/mol. The summed E-state index contributed by atoms with van der Waals surface area (Å²) in [6.07, 6.45) is 1.63. The highest BCUT2D eigenvalue weighted by Gasteiger charge is 2.38. The van der Waals surface area contributed by atoms with Crippen LogP contribution in [-0.2, 0) is 10.2 Å². The van der Waals surface area contributed by atoms with Crippen LogP contribution in [0, 0.1) is 0 Å². The van der Waals surface area contributed by atoms with E-state index in [4.69, 9.17) is 19.7 Å². The van der Waals surface area contributed by atoms with Crippen LogP contribution in [0.15, 0.2) is 28.8 Å². The molecule has 1 fully saturated rings. The molecule has 1 saturated heterocycles. The van der Waals surface area contributed by atoms with Gasteiger partial charge in [-0.2, -0.15) is 4.98 Å². The number of benzene rings is 1. The molecule has 2 heterocycles. The number of methoxy groups -OCH3 is 1. The number of hydrogen-bond donors (Lipinski definition) is 1. The minimum Gasteiger partial charge on any atom is -0.497 e. The zero-order valence-electron chi connectivity index (χ0n) is 12.4. The predicted octanol–water partition coefficient (Wildman–Crippen LogP) is 2.17. The van der Waals surface area contributed by atoms with Crippen molar-refractivity contribution in [3.63, 3.8) is 0 Å². The van der Waals surface area contributed by atoms with Crippen molar-refractivity contribution in [2.75, 3.05) is 26.9 Å². The van der Waals surface area contributed by atoms with Gasteiger partial charge in [-0.25, -0.2) is 0 Å². The van der Waals surface area contributed by atoms with Gasteiger partial charge in [0.05, 0.1) is 12.5 Å². The van der Waals surface area contributed by atoms with Crippen LogP contribution in [0.3, 0.4) is 0 Å². The third-order valence-corrected chi connectivity index (χ3v) is 4.07. The van der Waals surface area contributed by atoms with Gasteiger partial charge in [0.1, 0.15) is 5.75 Å². The second-order valence-corrected chi connectivity index (χ2v) is 5.25. The van der Waals surface area contributed by atoms with Gasteiger partial charge >= 0.3 is 0 Å². The van der Waals surface area contributed by atoms with Crippen molar-refractivity contribution in [2.24, 2.45) is 5.73 Å². The summed E-state index contributed by atoms with van der Waals surface area (Å²) in [7, 11) is 1.64. The fraction of sp³-hybridized carbons (Fsp3) is 0.467. The average molecular weight is 326 g/mol. The Morgan fingerprint density at radius 3 is 2.50 bits per heavy atom. The minimum absolute atomic E-state index is 0. The van der Waals surface area contributed by atoms with E-state index in [2.05, 4.69) is 10.1 Å². The van der Waals surface area contributed by atoms with Crippen LogP contribution < -0.4 is 10.5 Å². The van der Waals surface area contributed by atoms with Gasteiger partial charge in [-0.05, 0) is 37.1 Å². The molecule has 0 bridgehead atoms. The standard InChI is InChI=1S/C15H19N3O3.ClH/c1-19-12-4-2-11(3-5-12)13-17-14(21-18-13)15(10-16)6-8-20-9-7-15;/h2-5H,6-10,16H2,1H3;1H. The molecule has 2 aromatic rings. The van der Waals surface area contributed by atoms with Gasteiger partial charge in [-0.15, -0.1) is 12.4 Å². The Bertz CT molecular complexity index is 594. The molecule has 0 saturated carbocycles. The van der Waals surface area contributed by atoms with Crippen LogP contribution in [0.4, 0.5) is 0 Å². The quantitative estimate of drug-likeness (QED) is 0.927. The Labute approximate surface area is 135 Å². The molecule has 1 aliphatic rings. The first-order valence-corrected chi connectivity index (χ1v) is 7.04. The number of nitrogens with two attached hydrogens (primary N) is 1. The summed E-state index contributed by atoms with van der Waals surface area (Å²) in [6.45, 7) is 1.84. The fourth-order valence-corrected chi connectivity index (χ4v) is 2.56. The van der Waals surface area contributed by atoms with Crippen molar-refractivity contribution in [3.8, 4) is 17.1 Å². The molecule has 0 unspecified atom stereocenters. The third-order valence-electron chi connectivity index (χ3n) is 4.07. The molecule has 1 aromatic carbocycles. The molecule has 1 aliphatic heterocycles. The van der Waals surface area contributed by atoms with Crippen molar-refractivity contribution in [2.45, 2.75) is 18.3 Å². The van der Waals surface area contributed by atoms with Gasteiger partial charge in [0, 0.05) is 25.3 Å². The normalized spacial score (nSPS) is 16.8. The molecule has 0 spiro atoms. The Morgan fingerprint density at radius 1 is 1.23 bits per heavy atom. The Hall–Kier alpha value is -1.63. The molecule has 0 atom stereocenters. The molecule has 0 aliphatic carbocycles. The average Bonchev–Trinajstić information content (AvgIpc) is 3.06. The number of rotatable bonds is 4. The summed E-state index contributed by atoms with van der Waals surface area (Å²) in [5, 5.41) is 4.09. The molecule has 0 radical (unpaired) electrons. The number of ether oxygens (including phenoxy) is 2. The van der Waals surface area contributed by atoms with E-state index in [1.54, 1.807) is 7.11 Å². The smallest absolute Gasteiger partial charge is 0.234 e.